The highest BCUT2D eigenvalue weighted by Gasteiger charge is 2.30. The monoisotopic (exact) mass is 524 g/mol. The number of ether oxygens (including phenoxy) is 2. The lowest BCUT2D eigenvalue weighted by atomic mass is 10.1. The molecule has 0 spiro atoms. The molecule has 0 atom stereocenters. The number of anilines is 2. The molecule has 1 fully saturated rings. The van der Waals surface area contributed by atoms with E-state index >= 15 is 0 Å². The van der Waals surface area contributed by atoms with Gasteiger partial charge in [0.1, 0.15) is 0 Å². The third-order valence-corrected chi connectivity index (χ3v) is 6.65. The molecule has 1 saturated carbocycles. The lowest BCUT2D eigenvalue weighted by molar-refractivity contribution is 0.0967. The van der Waals surface area contributed by atoms with E-state index < -0.39 is 12.2 Å². The SMILES string of the molecule is CCCSc1ccc2[nH]c(NC(=O)OC)nc2c1.COC(=O)Nc1nc2ccc(C(=O)C3CC3)cc2[nH]1. The Bertz CT molecular complexity index is 1430. The second-order valence-corrected chi connectivity index (χ2v) is 9.47. The highest BCUT2D eigenvalue weighted by atomic mass is 32.2. The molecular formula is C25H28N6O5S. The Balaban J connectivity index is 0.000000173. The zero-order valence-corrected chi connectivity index (χ0v) is 21.5. The molecule has 4 N–H and O–H groups in total. The summed E-state index contributed by atoms with van der Waals surface area (Å²) in [5.74, 6) is 2.16. The molecular weight excluding hydrogens is 496 g/mol. The van der Waals surface area contributed by atoms with E-state index in [4.69, 9.17) is 0 Å². The molecule has 4 aromatic rings. The van der Waals surface area contributed by atoms with E-state index in [1.807, 2.05) is 18.2 Å². The highest BCUT2D eigenvalue weighted by molar-refractivity contribution is 7.99. The second-order valence-electron chi connectivity index (χ2n) is 8.30. The van der Waals surface area contributed by atoms with Crippen LogP contribution in [0.4, 0.5) is 21.5 Å². The van der Waals surface area contributed by atoms with Crippen molar-refractivity contribution in [1.29, 1.82) is 0 Å². The Morgan fingerprint density at radius 1 is 0.919 bits per heavy atom. The van der Waals surface area contributed by atoms with Gasteiger partial charge in [-0.15, -0.1) is 11.8 Å². The normalized spacial score (nSPS) is 12.5. The fourth-order valence-corrected chi connectivity index (χ4v) is 4.25. The van der Waals surface area contributed by atoms with E-state index in [2.05, 4.69) is 47.0 Å². The summed E-state index contributed by atoms with van der Waals surface area (Å²) in [4.78, 5) is 49.7. The Morgan fingerprint density at radius 2 is 1.57 bits per heavy atom. The summed E-state index contributed by atoms with van der Waals surface area (Å²) in [6, 6.07) is 11.3. The Hall–Kier alpha value is -4.06. The maximum absolute atomic E-state index is 12.0. The number of rotatable bonds is 7. The first-order valence-electron chi connectivity index (χ1n) is 11.8. The first-order chi connectivity index (χ1) is 17.9. The van der Waals surface area contributed by atoms with E-state index in [0.717, 1.165) is 41.6 Å². The quantitative estimate of drug-likeness (QED) is 0.181. The maximum Gasteiger partial charge on any atom is 0.413 e. The third kappa shape index (κ3) is 6.79. The van der Waals surface area contributed by atoms with Gasteiger partial charge in [-0.2, -0.15) is 0 Å². The van der Waals surface area contributed by atoms with Crippen LogP contribution in [0.1, 0.15) is 36.5 Å². The molecule has 0 bridgehead atoms. The lowest BCUT2D eigenvalue weighted by Crippen LogP contribution is -2.11. The minimum Gasteiger partial charge on any atom is -0.453 e. The molecule has 2 aromatic carbocycles. The zero-order chi connectivity index (χ0) is 26.4. The van der Waals surface area contributed by atoms with Crippen molar-refractivity contribution in [2.75, 3.05) is 30.6 Å². The number of Topliss-reactive ketones (excluding diaryl/α,β-unsaturated/α-hetero) is 1. The Kier molecular flexibility index (Phi) is 8.29. The molecule has 2 heterocycles. The number of fused-ring (bicyclic) bond motifs is 2. The summed E-state index contributed by atoms with van der Waals surface area (Å²) in [6.45, 7) is 2.15. The van der Waals surface area contributed by atoms with Crippen LogP contribution in [-0.2, 0) is 9.47 Å². The van der Waals surface area contributed by atoms with Crippen molar-refractivity contribution in [3.8, 4) is 0 Å². The van der Waals surface area contributed by atoms with Gasteiger partial charge in [-0.1, -0.05) is 6.92 Å². The number of carbonyl (C=O) groups excluding carboxylic acids is 3. The summed E-state index contributed by atoms with van der Waals surface area (Å²) in [5.41, 5.74) is 3.82. The van der Waals surface area contributed by atoms with Gasteiger partial charge in [-0.3, -0.25) is 15.4 Å². The number of aromatic amines is 2. The molecule has 12 heteroatoms. The number of methoxy groups -OCH3 is 2. The number of benzene rings is 2. The third-order valence-electron chi connectivity index (χ3n) is 5.45. The number of nitrogens with zero attached hydrogens (tertiary/aromatic N) is 2. The minimum absolute atomic E-state index is 0.180. The largest absolute Gasteiger partial charge is 0.453 e. The number of aromatic nitrogens is 4. The van der Waals surface area contributed by atoms with Crippen LogP contribution >= 0.6 is 11.8 Å². The molecule has 1 aliphatic rings. The zero-order valence-electron chi connectivity index (χ0n) is 20.7. The molecule has 37 heavy (non-hydrogen) atoms. The molecule has 0 aliphatic heterocycles. The van der Waals surface area contributed by atoms with Crippen molar-refractivity contribution in [3.05, 3.63) is 42.0 Å². The van der Waals surface area contributed by atoms with E-state index in [9.17, 15) is 14.4 Å². The summed E-state index contributed by atoms with van der Waals surface area (Å²) >= 11 is 1.80. The topological polar surface area (TPSA) is 151 Å². The first-order valence-corrected chi connectivity index (χ1v) is 12.7. The van der Waals surface area contributed by atoms with E-state index in [1.165, 1.54) is 19.1 Å². The number of ketones is 1. The molecule has 0 radical (unpaired) electrons. The van der Waals surface area contributed by atoms with Crippen LogP contribution in [0.25, 0.3) is 22.1 Å². The Morgan fingerprint density at radius 3 is 2.19 bits per heavy atom. The molecule has 0 saturated heterocycles. The van der Waals surface area contributed by atoms with Crippen LogP contribution in [0.2, 0.25) is 0 Å². The van der Waals surface area contributed by atoms with Crippen molar-refractivity contribution < 1.29 is 23.9 Å². The van der Waals surface area contributed by atoms with Crippen LogP contribution in [0, 0.1) is 5.92 Å². The van der Waals surface area contributed by atoms with Gasteiger partial charge >= 0.3 is 12.2 Å². The van der Waals surface area contributed by atoms with Gasteiger partial charge in [-0.25, -0.2) is 19.6 Å². The minimum atomic E-state index is -0.590. The van der Waals surface area contributed by atoms with Gasteiger partial charge in [0.25, 0.3) is 0 Å². The molecule has 2 aromatic heterocycles. The number of amides is 2. The molecule has 1 aliphatic carbocycles. The van der Waals surface area contributed by atoms with E-state index in [0.29, 0.717) is 23.0 Å². The van der Waals surface area contributed by atoms with Crippen molar-refractivity contribution in [3.63, 3.8) is 0 Å². The van der Waals surface area contributed by atoms with Gasteiger partial charge in [0.05, 0.1) is 36.3 Å². The average molecular weight is 525 g/mol. The predicted octanol–water partition coefficient (Wildman–Crippen LogP) is 5.58. The van der Waals surface area contributed by atoms with Crippen LogP contribution in [-0.4, -0.2) is 57.9 Å². The fraction of sp³-hybridized carbons (Fsp3) is 0.320. The summed E-state index contributed by atoms with van der Waals surface area (Å²) in [5, 5.41) is 4.96. The summed E-state index contributed by atoms with van der Waals surface area (Å²) < 4.78 is 9.00. The van der Waals surface area contributed by atoms with E-state index in [1.54, 1.807) is 30.0 Å². The van der Waals surface area contributed by atoms with Crippen LogP contribution in [0.15, 0.2) is 41.3 Å². The smallest absolute Gasteiger partial charge is 0.413 e. The number of hydrogen-bond acceptors (Lipinski definition) is 8. The molecule has 0 unspecified atom stereocenters. The van der Waals surface area contributed by atoms with Gasteiger partial charge in [0.15, 0.2) is 5.78 Å². The van der Waals surface area contributed by atoms with Crippen molar-refractivity contribution in [2.45, 2.75) is 31.1 Å². The number of imidazole rings is 2. The van der Waals surface area contributed by atoms with Crippen molar-refractivity contribution >= 4 is 63.7 Å². The van der Waals surface area contributed by atoms with Gasteiger partial charge in [-0.05, 0) is 61.4 Å². The standard InChI is InChI=1S/C13H13N3O3.C12H15N3O2S/c1-19-13(18)16-12-14-9-5-4-8(6-10(9)15-12)11(17)7-2-3-7;1-3-6-18-8-4-5-9-10(7-8)14-11(13-9)15-12(16)17-2/h4-7H,2-3H2,1H3,(H2,14,15,16,18);4-5,7H,3,6H2,1-2H3,(H2,13,14,15,16). The van der Waals surface area contributed by atoms with Gasteiger partial charge in [0.2, 0.25) is 11.9 Å². The van der Waals surface area contributed by atoms with Gasteiger partial charge in [0, 0.05) is 16.4 Å². The molecule has 2 amide bonds. The number of nitrogens with one attached hydrogen (secondary N) is 4. The number of carbonyl (C=O) groups is 3. The van der Waals surface area contributed by atoms with Gasteiger partial charge < -0.3 is 19.4 Å². The van der Waals surface area contributed by atoms with Crippen molar-refractivity contribution in [2.24, 2.45) is 5.92 Å². The van der Waals surface area contributed by atoms with Crippen LogP contribution in [0.5, 0.6) is 0 Å². The number of H-pyrrole nitrogens is 2. The summed E-state index contributed by atoms with van der Waals surface area (Å²) in [7, 11) is 2.60. The van der Waals surface area contributed by atoms with Crippen LogP contribution < -0.4 is 10.6 Å². The molecule has 11 nitrogen and oxygen atoms in total. The van der Waals surface area contributed by atoms with Crippen molar-refractivity contribution in [1.82, 2.24) is 19.9 Å². The van der Waals surface area contributed by atoms with Crippen LogP contribution in [0.3, 0.4) is 0 Å². The molecule has 5 rings (SSSR count). The maximum atomic E-state index is 12.0. The number of hydrogen-bond donors (Lipinski definition) is 4. The predicted molar refractivity (Wildman–Crippen MR) is 142 cm³/mol. The average Bonchev–Trinajstić information content (AvgIpc) is 3.56. The van der Waals surface area contributed by atoms with E-state index in [-0.39, 0.29) is 11.7 Å². The highest BCUT2D eigenvalue weighted by Crippen LogP contribution is 2.33. The Labute approximate surface area is 217 Å². The fourth-order valence-electron chi connectivity index (χ4n) is 3.45. The first kappa shape index (κ1) is 26.0. The second kappa shape index (κ2) is 11.8. The molecule has 194 valence electrons. The lowest BCUT2D eigenvalue weighted by Gasteiger charge is -1.98. The number of thioether (sulfide) groups is 1. The summed E-state index contributed by atoms with van der Waals surface area (Å²) in [6.07, 6.45) is 1.98.